The van der Waals surface area contributed by atoms with Gasteiger partial charge in [-0.25, -0.2) is 13.6 Å². The summed E-state index contributed by atoms with van der Waals surface area (Å²) in [6.45, 7) is 0. The van der Waals surface area contributed by atoms with Crippen molar-refractivity contribution in [3.8, 4) is 0 Å². The van der Waals surface area contributed by atoms with E-state index in [1.807, 2.05) is 0 Å². The highest BCUT2D eigenvalue weighted by molar-refractivity contribution is 9.13. The van der Waals surface area contributed by atoms with Crippen LogP contribution in [0.1, 0.15) is 0 Å². The van der Waals surface area contributed by atoms with Crippen molar-refractivity contribution in [3.05, 3.63) is 21.1 Å². The minimum absolute atomic E-state index is 0.0809. The highest BCUT2D eigenvalue weighted by Gasteiger charge is 2.14. The first-order valence-corrected chi connectivity index (χ1v) is 6.23. The van der Waals surface area contributed by atoms with Gasteiger partial charge in [0.15, 0.2) is 0 Å². The van der Waals surface area contributed by atoms with Gasteiger partial charge in [-0.1, -0.05) is 0 Å². The maximum atomic E-state index is 11.0. The number of nitrogens with two attached hydrogens (primary N) is 2. The van der Waals surface area contributed by atoms with Crippen LogP contribution in [0.3, 0.4) is 0 Å². The smallest absolute Gasteiger partial charge is 0.240 e. The number of hydrogen-bond acceptors (Lipinski definition) is 3. The summed E-state index contributed by atoms with van der Waals surface area (Å²) in [6, 6.07) is 2.83. The second-order valence-corrected chi connectivity index (χ2v) is 5.59. The van der Waals surface area contributed by atoms with Crippen LogP contribution in [0, 0.1) is 0 Å². The number of anilines is 1. The molecule has 0 amide bonds. The molecule has 13 heavy (non-hydrogen) atoms. The van der Waals surface area contributed by atoms with Gasteiger partial charge in [-0.2, -0.15) is 0 Å². The number of hydrogen-bond donors (Lipinski definition) is 2. The van der Waals surface area contributed by atoms with E-state index in [9.17, 15) is 8.42 Å². The Balaban J connectivity index is 3.50. The third-order valence-electron chi connectivity index (χ3n) is 1.36. The standard InChI is InChI=1S/C6H6Br2N2O2S/c7-3-1-5(9)6(2-4(3)8)13(10,11)12/h1-2H,9H2,(H2,10,11,12). The molecule has 0 unspecified atom stereocenters. The molecular formula is C6H6Br2N2O2S. The van der Waals surface area contributed by atoms with Crippen LogP contribution in [0.15, 0.2) is 26.0 Å². The molecule has 1 aromatic carbocycles. The highest BCUT2D eigenvalue weighted by Crippen LogP contribution is 2.29. The van der Waals surface area contributed by atoms with E-state index in [0.717, 1.165) is 0 Å². The third kappa shape index (κ3) is 2.43. The molecule has 0 aliphatic rings. The maximum absolute atomic E-state index is 11.0. The first kappa shape index (κ1) is 11.0. The lowest BCUT2D eigenvalue weighted by Gasteiger charge is -2.04. The zero-order valence-corrected chi connectivity index (χ0v) is 10.3. The molecule has 0 aliphatic heterocycles. The second kappa shape index (κ2) is 3.56. The van der Waals surface area contributed by atoms with E-state index in [4.69, 9.17) is 10.9 Å². The lowest BCUT2D eigenvalue weighted by atomic mass is 10.3. The Bertz CT molecular complexity index is 444. The highest BCUT2D eigenvalue weighted by atomic mass is 79.9. The van der Waals surface area contributed by atoms with Crippen molar-refractivity contribution in [3.63, 3.8) is 0 Å². The number of nitrogen functional groups attached to an aromatic ring is 1. The van der Waals surface area contributed by atoms with Gasteiger partial charge >= 0.3 is 0 Å². The lowest BCUT2D eigenvalue weighted by Crippen LogP contribution is -2.14. The average molecular weight is 330 g/mol. The van der Waals surface area contributed by atoms with Gasteiger partial charge in [0.05, 0.1) is 5.69 Å². The van der Waals surface area contributed by atoms with Crippen molar-refractivity contribution in [2.24, 2.45) is 5.14 Å². The van der Waals surface area contributed by atoms with Crippen LogP contribution in [0.5, 0.6) is 0 Å². The summed E-state index contributed by atoms with van der Waals surface area (Å²) in [6.07, 6.45) is 0. The Morgan fingerprint density at radius 3 is 2.08 bits per heavy atom. The summed E-state index contributed by atoms with van der Waals surface area (Å²) < 4.78 is 23.2. The Labute approximate surface area is 92.6 Å². The molecule has 7 heteroatoms. The van der Waals surface area contributed by atoms with Gasteiger partial charge in [-0.15, -0.1) is 0 Å². The summed E-state index contributed by atoms with van der Waals surface area (Å²) in [7, 11) is -3.75. The Kier molecular flexibility index (Phi) is 3.01. The van der Waals surface area contributed by atoms with Crippen LogP contribution in [0.25, 0.3) is 0 Å². The zero-order valence-electron chi connectivity index (χ0n) is 6.29. The molecule has 0 saturated heterocycles. The Hall–Kier alpha value is -0.110. The number of benzene rings is 1. The van der Waals surface area contributed by atoms with E-state index >= 15 is 0 Å². The topological polar surface area (TPSA) is 86.2 Å². The molecule has 0 aromatic heterocycles. The monoisotopic (exact) mass is 328 g/mol. The van der Waals surface area contributed by atoms with Crippen LogP contribution < -0.4 is 10.9 Å². The SMILES string of the molecule is Nc1cc(Br)c(Br)cc1S(N)(=O)=O. The molecule has 0 fully saturated rings. The van der Waals surface area contributed by atoms with E-state index < -0.39 is 10.0 Å². The van der Waals surface area contributed by atoms with Crippen molar-refractivity contribution in [2.75, 3.05) is 5.73 Å². The van der Waals surface area contributed by atoms with Crippen molar-refractivity contribution in [1.82, 2.24) is 0 Å². The zero-order chi connectivity index (χ0) is 10.2. The summed E-state index contributed by atoms with van der Waals surface area (Å²) >= 11 is 6.33. The molecular weight excluding hydrogens is 324 g/mol. The molecule has 1 aromatic rings. The first-order chi connectivity index (χ1) is 5.82. The predicted molar refractivity (Wildman–Crippen MR) is 57.6 cm³/mol. The molecule has 0 atom stereocenters. The van der Waals surface area contributed by atoms with E-state index in [2.05, 4.69) is 31.9 Å². The average Bonchev–Trinajstić information content (AvgIpc) is 1.94. The number of primary sulfonamides is 1. The fourth-order valence-electron chi connectivity index (χ4n) is 0.790. The molecule has 0 aliphatic carbocycles. The Morgan fingerprint density at radius 1 is 1.15 bits per heavy atom. The van der Waals surface area contributed by atoms with E-state index in [0.29, 0.717) is 8.95 Å². The molecule has 1 rings (SSSR count). The van der Waals surface area contributed by atoms with Crippen molar-refractivity contribution < 1.29 is 8.42 Å². The second-order valence-electron chi connectivity index (χ2n) is 2.35. The summed E-state index contributed by atoms with van der Waals surface area (Å²) in [5.74, 6) is 0. The van der Waals surface area contributed by atoms with Gasteiger partial charge in [0.25, 0.3) is 0 Å². The van der Waals surface area contributed by atoms with Crippen molar-refractivity contribution in [2.45, 2.75) is 4.90 Å². The largest absolute Gasteiger partial charge is 0.398 e. The first-order valence-electron chi connectivity index (χ1n) is 3.09. The minimum Gasteiger partial charge on any atom is -0.398 e. The molecule has 72 valence electrons. The van der Waals surface area contributed by atoms with Gasteiger partial charge < -0.3 is 5.73 Å². The minimum atomic E-state index is -3.75. The molecule has 4 N–H and O–H groups in total. The van der Waals surface area contributed by atoms with Crippen molar-refractivity contribution >= 4 is 47.6 Å². The number of halogens is 2. The predicted octanol–water partition coefficient (Wildman–Crippen LogP) is 1.44. The molecule has 0 radical (unpaired) electrons. The third-order valence-corrected chi connectivity index (χ3v) is 4.17. The van der Waals surface area contributed by atoms with Gasteiger partial charge in [0.2, 0.25) is 10.0 Å². The number of sulfonamides is 1. The fourth-order valence-corrected chi connectivity index (χ4v) is 2.32. The molecule has 0 heterocycles. The van der Waals surface area contributed by atoms with Crippen LogP contribution in [0.4, 0.5) is 5.69 Å². The lowest BCUT2D eigenvalue weighted by molar-refractivity contribution is 0.598. The van der Waals surface area contributed by atoms with Gasteiger partial charge in [-0.3, -0.25) is 0 Å². The Morgan fingerprint density at radius 2 is 1.62 bits per heavy atom. The summed E-state index contributed by atoms with van der Waals surface area (Å²) in [4.78, 5) is -0.0809. The molecule has 4 nitrogen and oxygen atoms in total. The quantitative estimate of drug-likeness (QED) is 0.764. The van der Waals surface area contributed by atoms with Gasteiger partial charge in [0, 0.05) is 8.95 Å². The molecule has 0 bridgehead atoms. The van der Waals surface area contributed by atoms with Crippen molar-refractivity contribution in [1.29, 1.82) is 0 Å². The van der Waals surface area contributed by atoms with Crippen LogP contribution in [0.2, 0.25) is 0 Å². The molecule has 0 saturated carbocycles. The van der Waals surface area contributed by atoms with Gasteiger partial charge in [-0.05, 0) is 44.0 Å². The van der Waals surface area contributed by atoms with Crippen LogP contribution in [-0.4, -0.2) is 8.42 Å². The van der Waals surface area contributed by atoms with Crippen LogP contribution in [-0.2, 0) is 10.0 Å². The van der Waals surface area contributed by atoms with E-state index in [1.165, 1.54) is 12.1 Å². The van der Waals surface area contributed by atoms with E-state index in [1.54, 1.807) is 0 Å². The normalized spacial score (nSPS) is 11.6. The molecule has 0 spiro atoms. The number of rotatable bonds is 1. The van der Waals surface area contributed by atoms with E-state index in [-0.39, 0.29) is 10.6 Å². The summed E-state index contributed by atoms with van der Waals surface area (Å²) in [5.41, 5.74) is 5.59. The van der Waals surface area contributed by atoms with Crippen LogP contribution >= 0.6 is 31.9 Å². The maximum Gasteiger partial charge on any atom is 0.240 e. The van der Waals surface area contributed by atoms with Gasteiger partial charge in [0.1, 0.15) is 4.90 Å². The summed E-state index contributed by atoms with van der Waals surface area (Å²) in [5, 5.41) is 4.93. The fraction of sp³-hybridized carbons (Fsp3) is 0.